The summed E-state index contributed by atoms with van der Waals surface area (Å²) in [5, 5.41) is 11.6. The average molecular weight is 560 g/mol. The topological polar surface area (TPSA) is 57.2 Å². The number of nitrogens with zero attached hydrogens (tertiary/aromatic N) is 5. The molecule has 0 N–H and O–H groups in total. The third-order valence-electron chi connectivity index (χ3n) is 2.97. The molecule has 2 rings (SSSR count). The fourth-order valence-corrected chi connectivity index (χ4v) is 3.92. The Balaban J connectivity index is 2.80. The van der Waals surface area contributed by atoms with Crippen LogP contribution < -0.4 is 0 Å². The molecular formula is C13H9Cl2F5IN5S. The largest absolute Gasteiger partial charge is 0.369 e. The molecule has 1 aromatic carbocycles. The molecule has 0 aliphatic rings. The molecule has 0 unspecified atom stereocenters. The van der Waals surface area contributed by atoms with Crippen LogP contribution in [0.5, 0.6) is 0 Å². The van der Waals surface area contributed by atoms with Crippen molar-refractivity contribution in [2.75, 3.05) is 14.1 Å². The van der Waals surface area contributed by atoms with Crippen molar-refractivity contribution >= 4 is 68.2 Å². The van der Waals surface area contributed by atoms with Crippen molar-refractivity contribution in [3.63, 3.8) is 0 Å². The van der Waals surface area contributed by atoms with E-state index in [2.05, 4.69) is 10.1 Å². The van der Waals surface area contributed by atoms with Crippen molar-refractivity contribution in [2.24, 2.45) is 4.99 Å². The Morgan fingerprint density at radius 3 is 2.15 bits per heavy atom. The second kappa shape index (κ2) is 6.36. The van der Waals surface area contributed by atoms with Gasteiger partial charge in [0.1, 0.15) is 16.7 Å². The Labute approximate surface area is 174 Å². The molecule has 1 aromatic heterocycles. The van der Waals surface area contributed by atoms with Gasteiger partial charge >= 0.3 is 10.2 Å². The maximum Gasteiger partial charge on any atom is 0.310 e. The highest BCUT2D eigenvalue weighted by Crippen LogP contribution is 3.02. The van der Waals surface area contributed by atoms with E-state index in [9.17, 15) is 19.4 Å². The number of rotatable bonds is 4. The number of halogens is 8. The molecule has 27 heavy (non-hydrogen) atoms. The average Bonchev–Trinajstić information content (AvgIpc) is 2.78. The van der Waals surface area contributed by atoms with Crippen LogP contribution in [0.2, 0.25) is 10.0 Å². The minimum atomic E-state index is -9.98. The molecule has 0 saturated carbocycles. The molecule has 0 aliphatic carbocycles. The summed E-state index contributed by atoms with van der Waals surface area (Å²) in [6.45, 7) is 0. The smallest absolute Gasteiger partial charge is 0.310 e. The van der Waals surface area contributed by atoms with Gasteiger partial charge in [-0.15, -0.1) is 0 Å². The highest BCUT2D eigenvalue weighted by atomic mass is 127. The number of nitriles is 1. The summed E-state index contributed by atoms with van der Waals surface area (Å²) in [5.74, 6) is 0.0461. The van der Waals surface area contributed by atoms with Gasteiger partial charge in [0.15, 0.2) is 11.5 Å². The van der Waals surface area contributed by atoms with Gasteiger partial charge in [0.2, 0.25) is 0 Å². The van der Waals surface area contributed by atoms with Gasteiger partial charge in [-0.05, 0) is 34.7 Å². The van der Waals surface area contributed by atoms with Gasteiger partial charge in [-0.3, -0.25) is 0 Å². The Hall–Kier alpha value is -1.30. The third-order valence-corrected chi connectivity index (χ3v) is 5.67. The van der Waals surface area contributed by atoms with E-state index in [1.54, 1.807) is 47.7 Å². The van der Waals surface area contributed by atoms with Gasteiger partial charge < -0.3 is 4.90 Å². The lowest BCUT2D eigenvalue weighted by atomic mass is 10.3. The molecule has 1 heterocycles. The second-order valence-corrected chi connectivity index (χ2v) is 9.72. The van der Waals surface area contributed by atoms with Gasteiger partial charge in [0.25, 0.3) is 0 Å². The van der Waals surface area contributed by atoms with Crippen LogP contribution in [0, 0.1) is 14.9 Å². The van der Waals surface area contributed by atoms with E-state index in [0.29, 0.717) is 0 Å². The molecule has 0 amide bonds. The predicted molar refractivity (Wildman–Crippen MR) is 104 cm³/mol. The third kappa shape index (κ3) is 4.76. The highest BCUT2D eigenvalue weighted by Gasteiger charge is 2.65. The van der Waals surface area contributed by atoms with Crippen LogP contribution in [0.25, 0.3) is 5.69 Å². The summed E-state index contributed by atoms with van der Waals surface area (Å²) in [6.07, 6.45) is 1.35. The molecule has 0 fully saturated rings. The van der Waals surface area contributed by atoms with E-state index in [1.165, 1.54) is 6.34 Å². The van der Waals surface area contributed by atoms with E-state index in [4.69, 9.17) is 28.5 Å². The van der Waals surface area contributed by atoms with E-state index >= 15 is 0 Å². The van der Waals surface area contributed by atoms with Gasteiger partial charge in [-0.1, -0.05) is 42.6 Å². The lowest BCUT2D eigenvalue weighted by molar-refractivity contribution is 0.364. The molecular weight excluding hydrogens is 551 g/mol. The quantitative estimate of drug-likeness (QED) is 0.185. The minimum Gasteiger partial charge on any atom is -0.369 e. The standard InChI is InChI=1S/C13H9Cl2F5IN5S/c1-25(2)6-23-13-11(21)10(5-22)24-26(13)12-8(14)3-7(4-9(12)15)27(16,17,18,19)20/h3-4,6H,1-2H3. The van der Waals surface area contributed by atoms with E-state index in [-0.39, 0.29) is 32.9 Å². The first-order valence-electron chi connectivity index (χ1n) is 6.68. The van der Waals surface area contributed by atoms with Crippen LogP contribution in [-0.2, 0) is 0 Å². The fourth-order valence-electron chi connectivity index (χ4n) is 1.87. The molecule has 0 bridgehead atoms. The van der Waals surface area contributed by atoms with Gasteiger partial charge in [0, 0.05) is 14.1 Å². The van der Waals surface area contributed by atoms with Gasteiger partial charge in [0.05, 0.1) is 20.0 Å². The van der Waals surface area contributed by atoms with Crippen LogP contribution in [0.15, 0.2) is 22.0 Å². The molecule has 0 atom stereocenters. The zero-order valence-electron chi connectivity index (χ0n) is 13.4. The number of aromatic nitrogens is 2. The molecule has 0 radical (unpaired) electrons. The van der Waals surface area contributed by atoms with E-state index in [0.717, 1.165) is 4.68 Å². The second-order valence-electron chi connectivity index (χ2n) is 5.42. The van der Waals surface area contributed by atoms with Crippen molar-refractivity contribution in [1.82, 2.24) is 14.7 Å². The Morgan fingerprint density at radius 1 is 1.22 bits per heavy atom. The first-order chi connectivity index (χ1) is 12.0. The summed E-state index contributed by atoms with van der Waals surface area (Å²) in [7, 11) is -6.66. The fraction of sp³-hybridized carbons (Fsp3) is 0.154. The van der Waals surface area contributed by atoms with Crippen molar-refractivity contribution in [3.05, 3.63) is 31.4 Å². The monoisotopic (exact) mass is 559 g/mol. The maximum absolute atomic E-state index is 13.0. The molecule has 148 valence electrons. The van der Waals surface area contributed by atoms with Crippen LogP contribution in [0.4, 0.5) is 25.2 Å². The van der Waals surface area contributed by atoms with Crippen molar-refractivity contribution in [3.8, 4) is 11.8 Å². The summed E-state index contributed by atoms with van der Waals surface area (Å²) >= 11 is 13.4. The van der Waals surface area contributed by atoms with Gasteiger partial charge in [-0.2, -0.15) is 10.4 Å². The van der Waals surface area contributed by atoms with Crippen molar-refractivity contribution < 1.29 is 19.4 Å². The van der Waals surface area contributed by atoms with Crippen LogP contribution in [-0.4, -0.2) is 35.1 Å². The molecule has 0 spiro atoms. The number of benzene rings is 1. The predicted octanol–water partition coefficient (Wildman–Crippen LogP) is 6.53. The van der Waals surface area contributed by atoms with Crippen LogP contribution >= 0.6 is 56.0 Å². The SMILES string of the molecule is CN(C)C=Nc1c(I)c(C#N)nn1-c1c(Cl)cc(S(F)(F)(F)(F)F)cc1Cl. The van der Waals surface area contributed by atoms with Gasteiger partial charge in [-0.25, -0.2) is 9.67 Å². The molecule has 0 saturated heterocycles. The molecule has 5 nitrogen and oxygen atoms in total. The van der Waals surface area contributed by atoms with E-state index in [1.807, 2.05) is 0 Å². The van der Waals surface area contributed by atoms with E-state index < -0.39 is 25.2 Å². The summed E-state index contributed by atoms with van der Waals surface area (Å²) in [6, 6.07) is 1.94. The van der Waals surface area contributed by atoms with Crippen molar-refractivity contribution in [2.45, 2.75) is 4.90 Å². The van der Waals surface area contributed by atoms with Crippen molar-refractivity contribution in [1.29, 1.82) is 5.26 Å². The maximum atomic E-state index is 13.0. The van der Waals surface area contributed by atoms with Crippen LogP contribution in [0.1, 0.15) is 5.69 Å². The highest BCUT2D eigenvalue weighted by molar-refractivity contribution is 14.1. The zero-order valence-corrected chi connectivity index (χ0v) is 17.9. The first-order valence-corrected chi connectivity index (χ1v) is 10.5. The normalized spacial score (nSPS) is 14.7. The Bertz CT molecular complexity index is 975. The lowest BCUT2D eigenvalue weighted by Gasteiger charge is -2.40. The number of aliphatic imine (C=N–C) groups is 1. The zero-order chi connectivity index (χ0) is 20.8. The molecule has 14 heteroatoms. The first kappa shape index (κ1) is 22.0. The minimum absolute atomic E-state index is 0.0461. The Morgan fingerprint density at radius 2 is 1.74 bits per heavy atom. The number of hydrogen-bond acceptors (Lipinski definition) is 3. The summed E-state index contributed by atoms with van der Waals surface area (Å²) < 4.78 is 66.4. The summed E-state index contributed by atoms with van der Waals surface area (Å²) in [4.78, 5) is 3.42. The summed E-state index contributed by atoms with van der Waals surface area (Å²) in [5.41, 5.74) is -0.403. The Kier molecular flexibility index (Phi) is 5.18. The van der Waals surface area contributed by atoms with Crippen LogP contribution in [0.3, 0.4) is 0 Å². The molecule has 0 aliphatic heterocycles. The number of hydrogen-bond donors (Lipinski definition) is 0. The lowest BCUT2D eigenvalue weighted by Crippen LogP contribution is -2.09. The molecule has 2 aromatic rings.